The standard InChI is InChI=1S/C13H18FNO/c1-15-8-11-7-12(14)5-6-13(11)16-9-10-3-2-4-10/h5-7,10,15H,2-4,8-9H2,1H3. The van der Waals surface area contributed by atoms with Crippen LogP contribution >= 0.6 is 0 Å². The summed E-state index contributed by atoms with van der Waals surface area (Å²) in [6, 6.07) is 4.71. The lowest BCUT2D eigenvalue weighted by atomic mass is 9.86. The topological polar surface area (TPSA) is 21.3 Å². The highest BCUT2D eigenvalue weighted by molar-refractivity contribution is 5.33. The first-order chi connectivity index (χ1) is 7.79. The molecule has 1 N–H and O–H groups in total. The summed E-state index contributed by atoms with van der Waals surface area (Å²) in [5.41, 5.74) is 0.891. The molecule has 1 fully saturated rings. The minimum Gasteiger partial charge on any atom is -0.493 e. The fourth-order valence-corrected chi connectivity index (χ4v) is 1.88. The van der Waals surface area contributed by atoms with E-state index in [4.69, 9.17) is 4.74 Å². The van der Waals surface area contributed by atoms with Crippen LogP contribution in [0.3, 0.4) is 0 Å². The van der Waals surface area contributed by atoms with Crippen molar-refractivity contribution >= 4 is 0 Å². The minimum atomic E-state index is -0.207. The van der Waals surface area contributed by atoms with Crippen molar-refractivity contribution in [3.05, 3.63) is 29.6 Å². The number of hydrogen-bond donors (Lipinski definition) is 1. The van der Waals surface area contributed by atoms with Gasteiger partial charge in [0.15, 0.2) is 0 Å². The van der Waals surface area contributed by atoms with Gasteiger partial charge in [0.2, 0.25) is 0 Å². The minimum absolute atomic E-state index is 0.207. The van der Waals surface area contributed by atoms with Gasteiger partial charge in [-0.3, -0.25) is 0 Å². The predicted molar refractivity (Wildman–Crippen MR) is 62.0 cm³/mol. The molecule has 1 aliphatic rings. The van der Waals surface area contributed by atoms with Crippen LogP contribution in [-0.4, -0.2) is 13.7 Å². The van der Waals surface area contributed by atoms with Crippen LogP contribution in [0.25, 0.3) is 0 Å². The fraction of sp³-hybridized carbons (Fsp3) is 0.538. The maximum atomic E-state index is 13.1. The molecule has 0 amide bonds. The zero-order valence-electron chi connectivity index (χ0n) is 9.63. The third-order valence-electron chi connectivity index (χ3n) is 3.09. The molecule has 0 aromatic heterocycles. The van der Waals surface area contributed by atoms with E-state index in [0.717, 1.165) is 17.9 Å². The van der Waals surface area contributed by atoms with Gasteiger partial charge in [0, 0.05) is 12.1 Å². The Morgan fingerprint density at radius 1 is 1.44 bits per heavy atom. The van der Waals surface area contributed by atoms with E-state index in [1.54, 1.807) is 6.07 Å². The van der Waals surface area contributed by atoms with Crippen LogP contribution < -0.4 is 10.1 Å². The van der Waals surface area contributed by atoms with Crippen molar-refractivity contribution in [2.45, 2.75) is 25.8 Å². The third-order valence-corrected chi connectivity index (χ3v) is 3.09. The Morgan fingerprint density at radius 3 is 2.88 bits per heavy atom. The van der Waals surface area contributed by atoms with Gasteiger partial charge in [0.05, 0.1) is 6.61 Å². The van der Waals surface area contributed by atoms with Gasteiger partial charge in [-0.1, -0.05) is 6.42 Å². The SMILES string of the molecule is CNCc1cc(F)ccc1OCC1CCC1. The second-order valence-electron chi connectivity index (χ2n) is 4.39. The Morgan fingerprint density at radius 2 is 2.25 bits per heavy atom. The van der Waals surface area contributed by atoms with Gasteiger partial charge < -0.3 is 10.1 Å². The molecule has 1 aromatic rings. The summed E-state index contributed by atoms with van der Waals surface area (Å²) in [4.78, 5) is 0. The van der Waals surface area contributed by atoms with E-state index in [2.05, 4.69) is 5.32 Å². The van der Waals surface area contributed by atoms with E-state index >= 15 is 0 Å². The summed E-state index contributed by atoms with van der Waals surface area (Å²) in [6.07, 6.45) is 3.85. The molecule has 0 unspecified atom stereocenters. The Hall–Kier alpha value is -1.09. The van der Waals surface area contributed by atoms with Crippen molar-refractivity contribution < 1.29 is 9.13 Å². The summed E-state index contributed by atoms with van der Waals surface area (Å²) in [7, 11) is 1.85. The predicted octanol–water partition coefficient (Wildman–Crippen LogP) is 2.72. The lowest BCUT2D eigenvalue weighted by Crippen LogP contribution is -2.20. The summed E-state index contributed by atoms with van der Waals surface area (Å²) in [6.45, 7) is 1.40. The van der Waals surface area contributed by atoms with E-state index in [1.165, 1.54) is 31.4 Å². The number of ether oxygens (including phenoxy) is 1. The van der Waals surface area contributed by atoms with E-state index in [9.17, 15) is 4.39 Å². The van der Waals surface area contributed by atoms with E-state index in [1.807, 2.05) is 7.05 Å². The van der Waals surface area contributed by atoms with Crippen LogP contribution in [0.5, 0.6) is 5.75 Å². The Labute approximate surface area is 95.8 Å². The first kappa shape index (κ1) is 11.4. The summed E-state index contributed by atoms with van der Waals surface area (Å²) >= 11 is 0. The third kappa shape index (κ3) is 2.73. The molecular weight excluding hydrogens is 205 g/mol. The molecule has 88 valence electrons. The molecule has 0 aliphatic heterocycles. The van der Waals surface area contributed by atoms with Gasteiger partial charge in [0.25, 0.3) is 0 Å². The quantitative estimate of drug-likeness (QED) is 0.828. The number of halogens is 1. The molecule has 0 heterocycles. The molecule has 0 radical (unpaired) electrons. The number of hydrogen-bond acceptors (Lipinski definition) is 2. The lowest BCUT2D eigenvalue weighted by Gasteiger charge is -2.25. The van der Waals surface area contributed by atoms with Gasteiger partial charge in [-0.25, -0.2) is 4.39 Å². The second-order valence-corrected chi connectivity index (χ2v) is 4.39. The van der Waals surface area contributed by atoms with Crippen molar-refractivity contribution in [3.8, 4) is 5.75 Å². The molecule has 2 rings (SSSR count). The molecule has 1 saturated carbocycles. The largest absolute Gasteiger partial charge is 0.493 e. The zero-order chi connectivity index (χ0) is 11.4. The smallest absolute Gasteiger partial charge is 0.123 e. The number of benzene rings is 1. The van der Waals surface area contributed by atoms with E-state index < -0.39 is 0 Å². The molecule has 0 spiro atoms. The maximum Gasteiger partial charge on any atom is 0.123 e. The van der Waals surface area contributed by atoms with Crippen LogP contribution in [0.2, 0.25) is 0 Å². The fourth-order valence-electron chi connectivity index (χ4n) is 1.88. The van der Waals surface area contributed by atoms with Gasteiger partial charge in [-0.05, 0) is 44.0 Å². The molecular formula is C13H18FNO. The Bertz CT molecular complexity index is 350. The van der Waals surface area contributed by atoms with Crippen molar-refractivity contribution in [2.75, 3.05) is 13.7 Å². The molecule has 16 heavy (non-hydrogen) atoms. The van der Waals surface area contributed by atoms with Crippen molar-refractivity contribution in [1.82, 2.24) is 5.32 Å². The van der Waals surface area contributed by atoms with Crippen molar-refractivity contribution in [3.63, 3.8) is 0 Å². The number of rotatable bonds is 5. The van der Waals surface area contributed by atoms with Crippen molar-refractivity contribution in [2.24, 2.45) is 5.92 Å². The molecule has 1 aliphatic carbocycles. The Balaban J connectivity index is 1.99. The normalized spacial score (nSPS) is 15.9. The average molecular weight is 223 g/mol. The van der Waals surface area contributed by atoms with Gasteiger partial charge in [0.1, 0.15) is 11.6 Å². The first-order valence-electron chi connectivity index (χ1n) is 5.85. The molecule has 0 atom stereocenters. The first-order valence-corrected chi connectivity index (χ1v) is 5.85. The highest BCUT2D eigenvalue weighted by Gasteiger charge is 2.18. The lowest BCUT2D eigenvalue weighted by molar-refractivity contribution is 0.179. The highest BCUT2D eigenvalue weighted by atomic mass is 19.1. The van der Waals surface area contributed by atoms with Crippen LogP contribution in [-0.2, 0) is 6.54 Å². The molecule has 2 nitrogen and oxygen atoms in total. The zero-order valence-corrected chi connectivity index (χ0v) is 9.63. The summed E-state index contributed by atoms with van der Waals surface area (Å²) in [5.74, 6) is 1.30. The van der Waals surface area contributed by atoms with Gasteiger partial charge >= 0.3 is 0 Å². The number of nitrogens with one attached hydrogen (secondary N) is 1. The second kappa shape index (κ2) is 5.30. The van der Waals surface area contributed by atoms with Crippen LogP contribution in [0, 0.1) is 11.7 Å². The molecule has 0 saturated heterocycles. The molecule has 0 bridgehead atoms. The van der Waals surface area contributed by atoms with Gasteiger partial charge in [-0.2, -0.15) is 0 Å². The van der Waals surface area contributed by atoms with Gasteiger partial charge in [-0.15, -0.1) is 0 Å². The van der Waals surface area contributed by atoms with Crippen LogP contribution in [0.1, 0.15) is 24.8 Å². The molecule has 3 heteroatoms. The molecule has 1 aromatic carbocycles. The van der Waals surface area contributed by atoms with E-state index in [0.29, 0.717) is 12.5 Å². The maximum absolute atomic E-state index is 13.1. The van der Waals surface area contributed by atoms with Crippen molar-refractivity contribution in [1.29, 1.82) is 0 Å². The monoisotopic (exact) mass is 223 g/mol. The summed E-state index contributed by atoms with van der Waals surface area (Å²) < 4.78 is 18.8. The highest BCUT2D eigenvalue weighted by Crippen LogP contribution is 2.28. The van der Waals surface area contributed by atoms with Crippen LogP contribution in [0.4, 0.5) is 4.39 Å². The van der Waals surface area contributed by atoms with Crippen LogP contribution in [0.15, 0.2) is 18.2 Å². The summed E-state index contributed by atoms with van der Waals surface area (Å²) in [5, 5.41) is 3.02. The average Bonchev–Trinajstić information content (AvgIpc) is 2.19. The van der Waals surface area contributed by atoms with E-state index in [-0.39, 0.29) is 5.82 Å². The Kier molecular flexibility index (Phi) is 3.78.